The topological polar surface area (TPSA) is 127 Å². The van der Waals surface area contributed by atoms with Gasteiger partial charge in [-0.3, -0.25) is 4.79 Å². The van der Waals surface area contributed by atoms with Crippen molar-refractivity contribution in [3.05, 3.63) is 36.0 Å². The van der Waals surface area contributed by atoms with Crippen molar-refractivity contribution in [1.82, 2.24) is 10.2 Å². The van der Waals surface area contributed by atoms with E-state index >= 15 is 0 Å². The Bertz CT molecular complexity index is 750. The molecule has 0 saturated carbocycles. The first-order valence-electron chi connectivity index (χ1n) is 13.4. The molecule has 0 aliphatic heterocycles. The van der Waals surface area contributed by atoms with E-state index in [1.807, 2.05) is 0 Å². The molecule has 0 heterocycles. The van der Waals surface area contributed by atoms with Gasteiger partial charge in [0, 0.05) is 35.3 Å². The van der Waals surface area contributed by atoms with E-state index in [4.69, 9.17) is 10.2 Å². The first-order valence-corrected chi connectivity index (χ1v) is 13.4. The van der Waals surface area contributed by atoms with Gasteiger partial charge in [0.05, 0.1) is 6.10 Å². The summed E-state index contributed by atoms with van der Waals surface area (Å²) in [4.78, 5) is 35.5. The van der Waals surface area contributed by atoms with E-state index in [1.165, 1.54) is 25.3 Å². The molecule has 8 heteroatoms. The van der Waals surface area contributed by atoms with Crippen molar-refractivity contribution in [3.8, 4) is 0 Å². The molecular weight excluding hydrogens is 472 g/mol. The van der Waals surface area contributed by atoms with E-state index < -0.39 is 18.0 Å². The Morgan fingerprint density at radius 2 is 1.51 bits per heavy atom. The number of aliphatic carboxylic acids is 2. The van der Waals surface area contributed by atoms with Crippen LogP contribution in [0.3, 0.4) is 0 Å². The molecule has 0 radical (unpaired) electrons. The lowest BCUT2D eigenvalue weighted by Crippen LogP contribution is -2.37. The van der Waals surface area contributed by atoms with Crippen LogP contribution >= 0.6 is 0 Å². The molecule has 214 valence electrons. The second kappa shape index (κ2) is 20.6. The van der Waals surface area contributed by atoms with Crippen LogP contribution in [0, 0.1) is 0 Å². The highest BCUT2D eigenvalue weighted by atomic mass is 16.4. The molecule has 1 amide bonds. The number of aliphatic hydroxyl groups is 1. The summed E-state index contributed by atoms with van der Waals surface area (Å²) in [6.45, 7) is 20.6. The van der Waals surface area contributed by atoms with Gasteiger partial charge in [-0.25, -0.2) is 9.59 Å². The lowest BCUT2D eigenvalue weighted by Gasteiger charge is -2.24. The average molecular weight is 525 g/mol. The Kier molecular flexibility index (Phi) is 20.4. The molecule has 0 spiro atoms. The SMILES string of the molecule is C=C(C=C(CC)C(=O)O)C(=O)N(CCCCCCCC)CC(C)O.C=C(CCCNC(C)(C)C)C(=O)O. The Morgan fingerprint density at radius 3 is 1.97 bits per heavy atom. The maximum atomic E-state index is 12.5. The number of carbonyl (C=O) groups excluding carboxylic acids is 1. The number of aliphatic hydroxyl groups excluding tert-OH is 1. The zero-order chi connectivity index (χ0) is 29.0. The van der Waals surface area contributed by atoms with Gasteiger partial charge in [-0.2, -0.15) is 0 Å². The van der Waals surface area contributed by atoms with E-state index in [9.17, 15) is 19.5 Å². The zero-order valence-corrected chi connectivity index (χ0v) is 24.1. The van der Waals surface area contributed by atoms with Crippen molar-refractivity contribution >= 4 is 17.8 Å². The van der Waals surface area contributed by atoms with Crippen LogP contribution in [0.25, 0.3) is 0 Å². The summed E-state index contributed by atoms with van der Waals surface area (Å²) >= 11 is 0. The van der Waals surface area contributed by atoms with Crippen LogP contribution in [0.15, 0.2) is 36.0 Å². The molecular formula is C29H52N2O6. The summed E-state index contributed by atoms with van der Waals surface area (Å²) in [7, 11) is 0. The van der Waals surface area contributed by atoms with Gasteiger partial charge >= 0.3 is 11.9 Å². The monoisotopic (exact) mass is 524 g/mol. The number of nitrogens with zero attached hydrogens (tertiary/aromatic N) is 1. The zero-order valence-electron chi connectivity index (χ0n) is 24.1. The third-order valence-electron chi connectivity index (χ3n) is 5.45. The fraction of sp³-hybridized carbons (Fsp3) is 0.690. The van der Waals surface area contributed by atoms with E-state index in [0.717, 1.165) is 32.2 Å². The van der Waals surface area contributed by atoms with Crippen LogP contribution in [-0.2, 0) is 14.4 Å². The standard InChI is InChI=1S/C19H33NO4.C10H19NO2/c1-5-7-8-9-10-11-12-20(14-16(4)21)18(22)15(3)13-17(6-2)19(23)24;1-8(9(12)13)6-5-7-11-10(2,3)4/h13,16,21H,3,5-12,14H2,1-2,4H3,(H,23,24);11H,1,5-7H2,2-4H3,(H,12,13). The molecule has 0 aromatic heterocycles. The number of rotatable bonds is 18. The number of nitrogens with one attached hydrogen (secondary N) is 1. The number of hydrogen-bond donors (Lipinski definition) is 4. The number of hydrogen-bond acceptors (Lipinski definition) is 5. The van der Waals surface area contributed by atoms with Gasteiger partial charge in [-0.15, -0.1) is 0 Å². The molecule has 8 nitrogen and oxygen atoms in total. The van der Waals surface area contributed by atoms with E-state index in [0.29, 0.717) is 19.4 Å². The van der Waals surface area contributed by atoms with Crippen LogP contribution in [0.2, 0.25) is 0 Å². The Labute approximate surface area is 224 Å². The minimum Gasteiger partial charge on any atom is -0.478 e. The van der Waals surface area contributed by atoms with Gasteiger partial charge < -0.3 is 25.5 Å². The summed E-state index contributed by atoms with van der Waals surface area (Å²) < 4.78 is 0. The van der Waals surface area contributed by atoms with Gasteiger partial charge in [-0.05, 0) is 66.0 Å². The van der Waals surface area contributed by atoms with Gasteiger partial charge in [0.2, 0.25) is 0 Å². The largest absolute Gasteiger partial charge is 0.478 e. The van der Waals surface area contributed by atoms with Crippen molar-refractivity contribution in [3.63, 3.8) is 0 Å². The van der Waals surface area contributed by atoms with E-state index in [1.54, 1.807) is 18.7 Å². The van der Waals surface area contributed by atoms with Gasteiger partial charge in [0.1, 0.15) is 0 Å². The smallest absolute Gasteiger partial charge is 0.331 e. The second-order valence-corrected chi connectivity index (χ2v) is 10.4. The molecule has 4 N–H and O–H groups in total. The Balaban J connectivity index is 0. The molecule has 0 fully saturated rings. The van der Waals surface area contributed by atoms with Crippen LogP contribution in [0.4, 0.5) is 0 Å². The highest BCUT2D eigenvalue weighted by Gasteiger charge is 2.18. The maximum absolute atomic E-state index is 12.5. The Hall–Kier alpha value is -2.45. The summed E-state index contributed by atoms with van der Waals surface area (Å²) in [5, 5.41) is 30.5. The first kappa shape index (κ1) is 36.7. The summed E-state index contributed by atoms with van der Waals surface area (Å²) in [6.07, 6.45) is 9.10. The summed E-state index contributed by atoms with van der Waals surface area (Å²) in [5.74, 6) is -2.24. The lowest BCUT2D eigenvalue weighted by molar-refractivity contribution is -0.133. The molecule has 0 rings (SSSR count). The Morgan fingerprint density at radius 1 is 0.946 bits per heavy atom. The highest BCUT2D eigenvalue weighted by Crippen LogP contribution is 2.12. The van der Waals surface area contributed by atoms with E-state index in [-0.39, 0.29) is 34.7 Å². The molecule has 1 atom stereocenters. The summed E-state index contributed by atoms with van der Waals surface area (Å²) in [6, 6.07) is 0. The molecule has 37 heavy (non-hydrogen) atoms. The predicted octanol–water partition coefficient (Wildman–Crippen LogP) is 5.33. The molecule has 0 aromatic rings. The molecule has 0 aliphatic rings. The minimum atomic E-state index is -1.04. The number of carboxylic acid groups (broad SMARTS) is 2. The molecule has 0 bridgehead atoms. The second-order valence-electron chi connectivity index (χ2n) is 10.4. The van der Waals surface area contributed by atoms with Crippen molar-refractivity contribution < 1.29 is 29.7 Å². The minimum absolute atomic E-state index is 0.102. The first-order chi connectivity index (χ1) is 17.2. The van der Waals surface area contributed by atoms with Gasteiger partial charge in [0.15, 0.2) is 0 Å². The van der Waals surface area contributed by atoms with Crippen LogP contribution in [-0.4, -0.2) is 69.3 Å². The number of carbonyl (C=O) groups is 3. The van der Waals surface area contributed by atoms with Crippen molar-refractivity contribution in [2.24, 2.45) is 0 Å². The average Bonchev–Trinajstić information content (AvgIpc) is 2.80. The normalized spacial score (nSPS) is 12.2. The van der Waals surface area contributed by atoms with Gasteiger partial charge in [0.25, 0.3) is 5.91 Å². The molecule has 0 aromatic carbocycles. The number of amides is 1. The fourth-order valence-corrected chi connectivity index (χ4v) is 3.34. The van der Waals surface area contributed by atoms with Crippen molar-refractivity contribution in [2.45, 2.75) is 111 Å². The van der Waals surface area contributed by atoms with Crippen LogP contribution < -0.4 is 5.32 Å². The summed E-state index contributed by atoms with van der Waals surface area (Å²) in [5.41, 5.74) is 0.700. The van der Waals surface area contributed by atoms with Gasteiger partial charge in [-0.1, -0.05) is 59.1 Å². The van der Waals surface area contributed by atoms with Crippen LogP contribution in [0.1, 0.15) is 99.3 Å². The number of carboxylic acids is 2. The molecule has 0 saturated heterocycles. The third kappa shape index (κ3) is 21.4. The highest BCUT2D eigenvalue weighted by molar-refractivity contribution is 5.98. The fourth-order valence-electron chi connectivity index (χ4n) is 3.34. The number of unbranched alkanes of at least 4 members (excludes halogenated alkanes) is 5. The third-order valence-corrected chi connectivity index (χ3v) is 5.45. The predicted molar refractivity (Wildman–Crippen MR) is 151 cm³/mol. The van der Waals surface area contributed by atoms with Crippen molar-refractivity contribution in [2.75, 3.05) is 19.6 Å². The maximum Gasteiger partial charge on any atom is 0.331 e. The van der Waals surface area contributed by atoms with E-state index in [2.05, 4.69) is 46.2 Å². The molecule has 0 aliphatic carbocycles. The van der Waals surface area contributed by atoms with Crippen LogP contribution in [0.5, 0.6) is 0 Å². The van der Waals surface area contributed by atoms with Crippen molar-refractivity contribution in [1.29, 1.82) is 0 Å². The quantitative estimate of drug-likeness (QED) is 0.108. The lowest BCUT2D eigenvalue weighted by atomic mass is 10.1. The molecule has 1 unspecified atom stereocenters.